The normalized spacial score (nSPS) is 11.2. The Balaban J connectivity index is 1.56. The summed E-state index contributed by atoms with van der Waals surface area (Å²) in [6, 6.07) is 8.99. The maximum absolute atomic E-state index is 12.0. The topological polar surface area (TPSA) is 110 Å². The van der Waals surface area contributed by atoms with Crippen molar-refractivity contribution in [3.8, 4) is 11.3 Å². The number of rotatable bonds is 6. The average Bonchev–Trinajstić information content (AvgIpc) is 3.29. The molecule has 2 aromatic heterocycles. The van der Waals surface area contributed by atoms with Crippen molar-refractivity contribution >= 4 is 54.2 Å². The monoisotopic (exact) mass is 482 g/mol. The fraction of sp³-hybridized carbons (Fsp3) is 0.118. The number of aromatic nitrogens is 2. The van der Waals surface area contributed by atoms with Crippen molar-refractivity contribution in [3.63, 3.8) is 0 Å². The molecular formula is C17H15BrN4O4S2. The van der Waals surface area contributed by atoms with Gasteiger partial charge in [-0.1, -0.05) is 28.1 Å². The van der Waals surface area contributed by atoms with E-state index < -0.39 is 21.8 Å². The van der Waals surface area contributed by atoms with Crippen LogP contribution in [0.3, 0.4) is 0 Å². The van der Waals surface area contributed by atoms with Gasteiger partial charge in [0.25, 0.3) is 5.91 Å². The van der Waals surface area contributed by atoms with Crippen LogP contribution >= 0.6 is 27.3 Å². The maximum atomic E-state index is 12.0. The van der Waals surface area contributed by atoms with E-state index in [0.717, 1.165) is 26.0 Å². The molecule has 0 bridgehead atoms. The van der Waals surface area contributed by atoms with Crippen LogP contribution in [0.15, 0.2) is 52.6 Å². The van der Waals surface area contributed by atoms with E-state index in [1.165, 1.54) is 29.8 Å². The van der Waals surface area contributed by atoms with Gasteiger partial charge in [-0.3, -0.25) is 13.6 Å². The largest absolute Gasteiger partial charge is 0.343 e. The van der Waals surface area contributed by atoms with Gasteiger partial charge in [-0.2, -0.15) is 0 Å². The highest BCUT2D eigenvalue weighted by Gasteiger charge is 2.13. The minimum atomic E-state index is -3.46. The summed E-state index contributed by atoms with van der Waals surface area (Å²) in [6.07, 6.45) is 3.48. The molecule has 1 aromatic carbocycles. The zero-order valence-electron chi connectivity index (χ0n) is 14.5. The summed E-state index contributed by atoms with van der Waals surface area (Å²) >= 11 is 4.68. The van der Waals surface area contributed by atoms with E-state index in [1.807, 2.05) is 29.6 Å². The highest BCUT2D eigenvalue weighted by atomic mass is 79.9. The molecule has 2 N–H and O–H groups in total. The lowest BCUT2D eigenvalue weighted by molar-refractivity contribution is -0.115. The Morgan fingerprint density at radius 2 is 2.07 bits per heavy atom. The van der Waals surface area contributed by atoms with Crippen molar-refractivity contribution in [3.05, 3.63) is 58.1 Å². The molecule has 0 aliphatic heterocycles. The van der Waals surface area contributed by atoms with E-state index in [9.17, 15) is 18.0 Å². The molecule has 3 aromatic rings. The molecule has 0 fully saturated rings. The average molecular weight is 483 g/mol. The van der Waals surface area contributed by atoms with Crippen molar-refractivity contribution in [2.24, 2.45) is 0 Å². The van der Waals surface area contributed by atoms with Gasteiger partial charge in [0.15, 0.2) is 5.13 Å². The Hall–Kier alpha value is -2.50. The second-order valence-corrected chi connectivity index (χ2v) is 9.43. The first-order chi connectivity index (χ1) is 13.2. The molecule has 0 saturated carbocycles. The van der Waals surface area contributed by atoms with E-state index >= 15 is 0 Å². The quantitative estimate of drug-likeness (QED) is 0.560. The molecule has 28 heavy (non-hydrogen) atoms. The number of halogens is 1. The minimum absolute atomic E-state index is 0.143. The zero-order valence-corrected chi connectivity index (χ0v) is 17.8. The SMILES string of the molecule is CS(=O)(=O)n1ccc(C(=O)NCC(=O)Nc2nc(-c3cccc(Br)c3)cs2)c1. The van der Waals surface area contributed by atoms with Crippen LogP contribution in [0.1, 0.15) is 10.4 Å². The first kappa shape index (κ1) is 20.2. The summed E-state index contributed by atoms with van der Waals surface area (Å²) in [7, 11) is -3.46. The molecule has 0 spiro atoms. The van der Waals surface area contributed by atoms with Crippen LogP contribution in [0.5, 0.6) is 0 Å². The van der Waals surface area contributed by atoms with E-state index in [1.54, 1.807) is 0 Å². The molecule has 0 aliphatic rings. The standard InChI is InChI=1S/C17H15BrN4O4S2/c1-28(25,26)22-6-5-12(9-22)16(24)19-8-15(23)21-17-20-14(10-27-17)11-3-2-4-13(18)7-11/h2-7,9-10H,8H2,1H3,(H,19,24)(H,20,21,23). The molecule has 0 aliphatic carbocycles. The van der Waals surface area contributed by atoms with Crippen molar-refractivity contribution in [1.29, 1.82) is 0 Å². The molecule has 0 saturated heterocycles. The third kappa shape index (κ3) is 5.06. The zero-order chi connectivity index (χ0) is 20.3. The Morgan fingerprint density at radius 3 is 2.75 bits per heavy atom. The molecular weight excluding hydrogens is 468 g/mol. The van der Waals surface area contributed by atoms with Gasteiger partial charge in [0.1, 0.15) is 0 Å². The predicted molar refractivity (Wildman–Crippen MR) is 111 cm³/mol. The molecule has 0 unspecified atom stereocenters. The fourth-order valence-electron chi connectivity index (χ4n) is 2.26. The minimum Gasteiger partial charge on any atom is -0.343 e. The van der Waals surface area contributed by atoms with Crippen LogP contribution in [-0.2, 0) is 14.8 Å². The highest BCUT2D eigenvalue weighted by molar-refractivity contribution is 9.10. The summed E-state index contributed by atoms with van der Waals surface area (Å²) in [4.78, 5) is 28.5. The number of carbonyl (C=O) groups excluding carboxylic acids is 2. The molecule has 146 valence electrons. The number of hydrogen-bond donors (Lipinski definition) is 2. The Bertz CT molecular complexity index is 1140. The third-order valence-electron chi connectivity index (χ3n) is 3.59. The van der Waals surface area contributed by atoms with Gasteiger partial charge in [-0.25, -0.2) is 13.4 Å². The van der Waals surface area contributed by atoms with Crippen molar-refractivity contribution in [2.45, 2.75) is 0 Å². The number of nitrogens with one attached hydrogen (secondary N) is 2. The Kier molecular flexibility index (Phi) is 5.96. The van der Waals surface area contributed by atoms with Crippen molar-refractivity contribution < 1.29 is 18.0 Å². The summed E-state index contributed by atoms with van der Waals surface area (Å²) in [5, 5.41) is 7.30. The van der Waals surface area contributed by atoms with Gasteiger partial charge >= 0.3 is 0 Å². The van der Waals surface area contributed by atoms with E-state index in [4.69, 9.17) is 0 Å². The molecule has 3 rings (SSSR count). The maximum Gasteiger partial charge on any atom is 0.253 e. The lowest BCUT2D eigenvalue weighted by Gasteiger charge is -2.04. The lowest BCUT2D eigenvalue weighted by atomic mass is 10.2. The number of nitrogens with zero attached hydrogens (tertiary/aromatic N) is 2. The van der Waals surface area contributed by atoms with E-state index in [2.05, 4.69) is 31.5 Å². The van der Waals surface area contributed by atoms with Gasteiger partial charge in [-0.15, -0.1) is 11.3 Å². The first-order valence-corrected chi connectivity index (χ1v) is 11.4. The van der Waals surface area contributed by atoms with Crippen LogP contribution in [0, 0.1) is 0 Å². The number of amides is 2. The second-order valence-electron chi connectivity index (χ2n) is 5.77. The van der Waals surface area contributed by atoms with Gasteiger partial charge < -0.3 is 10.6 Å². The second kappa shape index (κ2) is 8.25. The van der Waals surface area contributed by atoms with Crippen LogP contribution in [0.2, 0.25) is 0 Å². The van der Waals surface area contributed by atoms with Gasteiger partial charge in [0.05, 0.1) is 24.1 Å². The van der Waals surface area contributed by atoms with Gasteiger partial charge in [0, 0.05) is 27.8 Å². The van der Waals surface area contributed by atoms with E-state index in [0.29, 0.717) is 5.13 Å². The van der Waals surface area contributed by atoms with Crippen LogP contribution in [0.4, 0.5) is 5.13 Å². The smallest absolute Gasteiger partial charge is 0.253 e. The molecule has 8 nitrogen and oxygen atoms in total. The summed E-state index contributed by atoms with van der Waals surface area (Å²) in [6.45, 7) is -0.269. The molecule has 0 atom stereocenters. The van der Waals surface area contributed by atoms with Gasteiger partial charge in [-0.05, 0) is 18.2 Å². The lowest BCUT2D eigenvalue weighted by Crippen LogP contribution is -2.32. The molecule has 11 heteroatoms. The Labute approximate surface area is 173 Å². The van der Waals surface area contributed by atoms with E-state index in [-0.39, 0.29) is 12.1 Å². The van der Waals surface area contributed by atoms with Crippen LogP contribution < -0.4 is 10.6 Å². The van der Waals surface area contributed by atoms with Crippen molar-refractivity contribution in [2.75, 3.05) is 18.1 Å². The highest BCUT2D eigenvalue weighted by Crippen LogP contribution is 2.26. The predicted octanol–water partition coefficient (Wildman–Crippen LogP) is 2.55. The summed E-state index contributed by atoms with van der Waals surface area (Å²) in [5.41, 5.74) is 1.78. The van der Waals surface area contributed by atoms with Gasteiger partial charge in [0.2, 0.25) is 15.9 Å². The molecule has 0 radical (unpaired) electrons. The number of anilines is 1. The number of hydrogen-bond acceptors (Lipinski definition) is 6. The Morgan fingerprint density at radius 1 is 1.29 bits per heavy atom. The van der Waals surface area contributed by atoms with Crippen LogP contribution in [0.25, 0.3) is 11.3 Å². The first-order valence-electron chi connectivity index (χ1n) is 7.90. The number of carbonyl (C=O) groups is 2. The number of benzene rings is 1. The summed E-state index contributed by atoms with van der Waals surface area (Å²) < 4.78 is 24.7. The third-order valence-corrected chi connectivity index (χ3v) is 5.84. The molecule has 2 amide bonds. The summed E-state index contributed by atoms with van der Waals surface area (Å²) in [5.74, 6) is -0.988. The number of thiazole rings is 1. The van der Waals surface area contributed by atoms with Crippen LogP contribution in [-0.4, -0.2) is 42.0 Å². The fourth-order valence-corrected chi connectivity index (χ4v) is 3.98. The molecule has 2 heterocycles. The van der Waals surface area contributed by atoms with Crippen molar-refractivity contribution in [1.82, 2.24) is 14.3 Å².